The van der Waals surface area contributed by atoms with Crippen molar-refractivity contribution >= 4 is 23.2 Å². The lowest BCUT2D eigenvalue weighted by Crippen LogP contribution is -2.41. The normalized spacial score (nSPS) is 14.2. The van der Waals surface area contributed by atoms with Gasteiger partial charge in [-0.2, -0.15) is 0 Å². The van der Waals surface area contributed by atoms with E-state index in [9.17, 15) is 9.59 Å². The topological polar surface area (TPSA) is 79.9 Å². The molecule has 0 spiro atoms. The van der Waals surface area contributed by atoms with Crippen LogP contribution in [0.3, 0.4) is 0 Å². The maximum absolute atomic E-state index is 12.1. The van der Waals surface area contributed by atoms with E-state index in [0.717, 1.165) is 19.5 Å². The van der Waals surface area contributed by atoms with Crippen molar-refractivity contribution in [1.29, 1.82) is 0 Å². The van der Waals surface area contributed by atoms with Gasteiger partial charge in [-0.1, -0.05) is 19.1 Å². The third-order valence-electron chi connectivity index (χ3n) is 4.62. The summed E-state index contributed by atoms with van der Waals surface area (Å²) in [5.74, 6) is 0.357. The number of anilines is 2. The number of nitrogens with one attached hydrogen (secondary N) is 2. The lowest BCUT2D eigenvalue weighted by molar-refractivity contribution is -0.119. The molecule has 1 fully saturated rings. The standard InChI is InChI=1S/C22H27N3O4/c1-2-17-3-9-20(10-4-17)29-16-22(27)24-19-7-5-18(6-8-19)23-21(26)15-25-11-13-28-14-12-25/h3-10H,2,11-16H2,1H3,(H,23,26)(H,24,27). The Balaban J connectivity index is 1.41. The molecule has 0 radical (unpaired) electrons. The third-order valence-corrected chi connectivity index (χ3v) is 4.62. The van der Waals surface area contributed by atoms with E-state index >= 15 is 0 Å². The molecule has 3 rings (SSSR count). The molecule has 1 aliphatic rings. The summed E-state index contributed by atoms with van der Waals surface area (Å²) in [6.45, 7) is 5.23. The summed E-state index contributed by atoms with van der Waals surface area (Å²) in [5.41, 5.74) is 2.55. The Hall–Kier alpha value is -2.90. The number of morpholine rings is 1. The molecular formula is C22H27N3O4. The first-order valence-electron chi connectivity index (χ1n) is 9.84. The van der Waals surface area contributed by atoms with Gasteiger partial charge in [0.1, 0.15) is 5.75 Å². The smallest absolute Gasteiger partial charge is 0.262 e. The van der Waals surface area contributed by atoms with E-state index in [-0.39, 0.29) is 18.4 Å². The first-order valence-corrected chi connectivity index (χ1v) is 9.84. The number of ether oxygens (including phenoxy) is 2. The first-order chi connectivity index (χ1) is 14.1. The third kappa shape index (κ3) is 6.89. The summed E-state index contributed by atoms with van der Waals surface area (Å²) in [4.78, 5) is 26.3. The van der Waals surface area contributed by atoms with E-state index in [0.29, 0.717) is 36.9 Å². The molecule has 2 aromatic carbocycles. The minimum atomic E-state index is -0.242. The van der Waals surface area contributed by atoms with Crippen molar-refractivity contribution in [3.05, 3.63) is 54.1 Å². The number of amides is 2. The van der Waals surface area contributed by atoms with Crippen LogP contribution < -0.4 is 15.4 Å². The van der Waals surface area contributed by atoms with Crippen LogP contribution in [0.4, 0.5) is 11.4 Å². The van der Waals surface area contributed by atoms with E-state index in [4.69, 9.17) is 9.47 Å². The van der Waals surface area contributed by atoms with E-state index in [2.05, 4.69) is 22.5 Å². The van der Waals surface area contributed by atoms with Crippen molar-refractivity contribution in [2.45, 2.75) is 13.3 Å². The van der Waals surface area contributed by atoms with Gasteiger partial charge in [-0.05, 0) is 48.4 Å². The molecule has 1 saturated heterocycles. The van der Waals surface area contributed by atoms with Crippen LogP contribution in [-0.4, -0.2) is 56.2 Å². The number of nitrogens with zero attached hydrogens (tertiary/aromatic N) is 1. The Bertz CT molecular complexity index is 800. The fraction of sp³-hybridized carbons (Fsp3) is 0.364. The quantitative estimate of drug-likeness (QED) is 0.716. The molecule has 7 nitrogen and oxygen atoms in total. The van der Waals surface area contributed by atoms with Gasteiger partial charge in [-0.15, -0.1) is 0 Å². The monoisotopic (exact) mass is 397 g/mol. The Morgan fingerprint density at radius 3 is 2.10 bits per heavy atom. The summed E-state index contributed by atoms with van der Waals surface area (Å²) in [6, 6.07) is 14.7. The molecule has 2 aromatic rings. The number of hydrogen-bond donors (Lipinski definition) is 2. The van der Waals surface area contributed by atoms with Crippen LogP contribution in [0.1, 0.15) is 12.5 Å². The highest BCUT2D eigenvalue weighted by Gasteiger charge is 2.14. The predicted molar refractivity (Wildman–Crippen MR) is 112 cm³/mol. The van der Waals surface area contributed by atoms with Gasteiger partial charge < -0.3 is 20.1 Å². The van der Waals surface area contributed by atoms with Gasteiger partial charge in [0.05, 0.1) is 19.8 Å². The molecule has 0 saturated carbocycles. The second-order valence-electron chi connectivity index (χ2n) is 6.85. The fourth-order valence-electron chi connectivity index (χ4n) is 2.97. The van der Waals surface area contributed by atoms with Crippen molar-refractivity contribution in [3.63, 3.8) is 0 Å². The molecule has 0 unspecified atom stereocenters. The van der Waals surface area contributed by atoms with Crippen LogP contribution in [0.2, 0.25) is 0 Å². The van der Waals surface area contributed by atoms with Crippen molar-refractivity contribution in [2.75, 3.05) is 50.1 Å². The summed E-state index contributed by atoms with van der Waals surface area (Å²) in [7, 11) is 0. The summed E-state index contributed by atoms with van der Waals surface area (Å²) in [6.07, 6.45) is 0.963. The van der Waals surface area contributed by atoms with Crippen molar-refractivity contribution in [2.24, 2.45) is 0 Å². The van der Waals surface area contributed by atoms with Crippen LogP contribution in [0.15, 0.2) is 48.5 Å². The predicted octanol–water partition coefficient (Wildman–Crippen LogP) is 2.54. The molecule has 2 N–H and O–H groups in total. The van der Waals surface area contributed by atoms with E-state index in [1.165, 1.54) is 5.56 Å². The van der Waals surface area contributed by atoms with Crippen molar-refractivity contribution in [1.82, 2.24) is 4.90 Å². The molecule has 0 aromatic heterocycles. The SMILES string of the molecule is CCc1ccc(OCC(=O)Nc2ccc(NC(=O)CN3CCOCC3)cc2)cc1. The minimum absolute atomic E-state index is 0.0637. The summed E-state index contributed by atoms with van der Waals surface area (Å²) in [5, 5.41) is 5.65. The molecule has 0 aliphatic carbocycles. The molecule has 1 aliphatic heterocycles. The highest BCUT2D eigenvalue weighted by molar-refractivity contribution is 5.94. The zero-order valence-electron chi connectivity index (χ0n) is 16.6. The van der Waals surface area contributed by atoms with Crippen molar-refractivity contribution in [3.8, 4) is 5.75 Å². The highest BCUT2D eigenvalue weighted by Crippen LogP contribution is 2.15. The average Bonchev–Trinajstić information content (AvgIpc) is 2.75. The number of carbonyl (C=O) groups is 2. The zero-order valence-corrected chi connectivity index (χ0v) is 16.6. The van der Waals surface area contributed by atoms with Crippen LogP contribution in [0.5, 0.6) is 5.75 Å². The molecule has 154 valence electrons. The number of hydrogen-bond acceptors (Lipinski definition) is 5. The summed E-state index contributed by atoms with van der Waals surface area (Å²) >= 11 is 0. The molecule has 2 amide bonds. The van der Waals surface area contributed by atoms with E-state index < -0.39 is 0 Å². The molecule has 1 heterocycles. The van der Waals surface area contributed by atoms with E-state index in [1.807, 2.05) is 24.3 Å². The van der Waals surface area contributed by atoms with Crippen LogP contribution >= 0.6 is 0 Å². The van der Waals surface area contributed by atoms with Crippen LogP contribution in [0, 0.1) is 0 Å². The molecule has 0 atom stereocenters. The fourth-order valence-corrected chi connectivity index (χ4v) is 2.97. The lowest BCUT2D eigenvalue weighted by atomic mass is 10.2. The molecule has 0 bridgehead atoms. The molecular weight excluding hydrogens is 370 g/mol. The number of carbonyl (C=O) groups excluding carboxylic acids is 2. The molecule has 29 heavy (non-hydrogen) atoms. The van der Waals surface area contributed by atoms with Gasteiger partial charge in [0.15, 0.2) is 6.61 Å². The number of aryl methyl sites for hydroxylation is 1. The Morgan fingerprint density at radius 2 is 1.52 bits per heavy atom. The van der Waals surface area contributed by atoms with Gasteiger partial charge >= 0.3 is 0 Å². The number of benzene rings is 2. The second kappa shape index (κ2) is 10.6. The molecule has 7 heteroatoms. The number of rotatable bonds is 8. The van der Waals surface area contributed by atoms with Gasteiger partial charge in [0.25, 0.3) is 5.91 Å². The van der Waals surface area contributed by atoms with Gasteiger partial charge in [0, 0.05) is 24.5 Å². The Kier molecular flexibility index (Phi) is 7.61. The Labute approximate surface area is 171 Å². The first kappa shape index (κ1) is 20.8. The van der Waals surface area contributed by atoms with Gasteiger partial charge in [-0.3, -0.25) is 14.5 Å². The summed E-state index contributed by atoms with van der Waals surface area (Å²) < 4.78 is 10.8. The maximum Gasteiger partial charge on any atom is 0.262 e. The maximum atomic E-state index is 12.1. The second-order valence-corrected chi connectivity index (χ2v) is 6.85. The minimum Gasteiger partial charge on any atom is -0.484 e. The lowest BCUT2D eigenvalue weighted by Gasteiger charge is -2.25. The van der Waals surface area contributed by atoms with E-state index in [1.54, 1.807) is 24.3 Å². The van der Waals surface area contributed by atoms with Crippen LogP contribution in [-0.2, 0) is 20.7 Å². The highest BCUT2D eigenvalue weighted by atomic mass is 16.5. The average molecular weight is 397 g/mol. The zero-order chi connectivity index (χ0) is 20.5. The largest absolute Gasteiger partial charge is 0.484 e. The Morgan fingerprint density at radius 1 is 0.931 bits per heavy atom. The van der Waals surface area contributed by atoms with Gasteiger partial charge in [0.2, 0.25) is 5.91 Å². The van der Waals surface area contributed by atoms with Crippen LogP contribution in [0.25, 0.3) is 0 Å². The van der Waals surface area contributed by atoms with Crippen molar-refractivity contribution < 1.29 is 19.1 Å². The van der Waals surface area contributed by atoms with Gasteiger partial charge in [-0.25, -0.2) is 0 Å².